The van der Waals surface area contributed by atoms with Crippen LogP contribution in [0.15, 0.2) is 6.33 Å². The van der Waals surface area contributed by atoms with Crippen molar-refractivity contribution < 1.29 is 4.74 Å². The van der Waals surface area contributed by atoms with Crippen molar-refractivity contribution in [1.82, 2.24) is 15.0 Å². The first-order valence-electron chi connectivity index (χ1n) is 11.8. The molecule has 0 bridgehead atoms. The zero-order valence-corrected chi connectivity index (χ0v) is 19.6. The van der Waals surface area contributed by atoms with Gasteiger partial charge in [0, 0.05) is 43.0 Å². The molecule has 3 aromatic heterocycles. The lowest BCUT2D eigenvalue weighted by molar-refractivity contribution is -0.0395. The van der Waals surface area contributed by atoms with Gasteiger partial charge in [0.15, 0.2) is 0 Å². The van der Waals surface area contributed by atoms with Gasteiger partial charge in [0.1, 0.15) is 22.8 Å². The predicted octanol–water partition coefficient (Wildman–Crippen LogP) is 5.07. The first kappa shape index (κ1) is 19.7. The zero-order chi connectivity index (χ0) is 21.2. The van der Waals surface area contributed by atoms with Crippen LogP contribution in [0, 0.1) is 0 Å². The molecule has 6 rings (SSSR count). The van der Waals surface area contributed by atoms with E-state index >= 15 is 0 Å². The van der Waals surface area contributed by atoms with Gasteiger partial charge in [0.25, 0.3) is 0 Å². The van der Waals surface area contributed by atoms with Crippen molar-refractivity contribution in [2.24, 2.45) is 0 Å². The Morgan fingerprint density at radius 1 is 1.03 bits per heavy atom. The molecule has 0 N–H and O–H groups in total. The molecule has 3 aliphatic heterocycles. The summed E-state index contributed by atoms with van der Waals surface area (Å²) < 4.78 is 7.46. The third-order valence-corrected chi connectivity index (χ3v) is 8.34. The molecule has 7 heteroatoms. The van der Waals surface area contributed by atoms with Crippen molar-refractivity contribution in [3.05, 3.63) is 17.5 Å². The van der Waals surface area contributed by atoms with Gasteiger partial charge >= 0.3 is 0 Å². The molecule has 6 nitrogen and oxygen atoms in total. The van der Waals surface area contributed by atoms with Crippen LogP contribution in [-0.2, 0) is 17.8 Å². The molecule has 0 unspecified atom stereocenters. The fourth-order valence-electron chi connectivity index (χ4n) is 5.58. The zero-order valence-electron chi connectivity index (χ0n) is 18.8. The molecule has 0 aliphatic carbocycles. The van der Waals surface area contributed by atoms with E-state index in [4.69, 9.17) is 19.7 Å². The Morgan fingerprint density at radius 3 is 2.65 bits per heavy atom. The van der Waals surface area contributed by atoms with Gasteiger partial charge in [-0.1, -0.05) is 0 Å². The highest BCUT2D eigenvalue weighted by molar-refractivity contribution is 7.26. The smallest absolute Gasteiger partial charge is 0.150 e. The highest BCUT2D eigenvalue weighted by atomic mass is 32.1. The first-order chi connectivity index (χ1) is 15.0. The quantitative estimate of drug-likeness (QED) is 0.558. The minimum absolute atomic E-state index is 0.172. The second-order valence-corrected chi connectivity index (χ2v) is 11.0. The predicted molar refractivity (Wildman–Crippen MR) is 127 cm³/mol. The molecule has 31 heavy (non-hydrogen) atoms. The van der Waals surface area contributed by atoms with Crippen LogP contribution >= 0.6 is 11.3 Å². The van der Waals surface area contributed by atoms with E-state index in [1.165, 1.54) is 53.3 Å². The monoisotopic (exact) mass is 437 g/mol. The third-order valence-electron chi connectivity index (χ3n) is 7.27. The van der Waals surface area contributed by atoms with Crippen molar-refractivity contribution in [3.63, 3.8) is 0 Å². The molecule has 6 heterocycles. The lowest BCUT2D eigenvalue weighted by Gasteiger charge is -2.34. The minimum atomic E-state index is -0.172. The Bertz CT molecular complexity index is 1150. The Morgan fingerprint density at radius 2 is 1.84 bits per heavy atom. The summed E-state index contributed by atoms with van der Waals surface area (Å²) in [4.78, 5) is 20.9. The standard InChI is InChI=1S/C24H31N5OS/c1-15-8-4-5-11-29(15)22-20-19(25-14-26-22)18-16-12-24(2,3)30-13-17(16)21(27-23(18)31-20)28-9-6-7-10-28/h14-15H,4-13H2,1-3H3/t15-/m0/s1. The van der Waals surface area contributed by atoms with E-state index in [2.05, 4.69) is 30.6 Å². The number of aromatic nitrogens is 3. The molecule has 1 atom stereocenters. The van der Waals surface area contributed by atoms with Crippen LogP contribution in [0.4, 0.5) is 11.6 Å². The Kier molecular flexibility index (Phi) is 4.62. The van der Waals surface area contributed by atoms with Gasteiger partial charge in [-0.2, -0.15) is 0 Å². The second kappa shape index (κ2) is 7.27. The average Bonchev–Trinajstić information content (AvgIpc) is 3.40. The maximum Gasteiger partial charge on any atom is 0.150 e. The van der Waals surface area contributed by atoms with Gasteiger partial charge in [-0.05, 0) is 58.4 Å². The van der Waals surface area contributed by atoms with Crippen molar-refractivity contribution in [2.45, 2.75) is 77.5 Å². The molecular weight excluding hydrogens is 406 g/mol. The van der Waals surface area contributed by atoms with Crippen LogP contribution in [0.3, 0.4) is 0 Å². The van der Waals surface area contributed by atoms with E-state index in [1.54, 1.807) is 17.7 Å². The molecule has 164 valence electrons. The molecule has 0 amide bonds. The van der Waals surface area contributed by atoms with E-state index in [0.29, 0.717) is 12.6 Å². The molecule has 0 saturated carbocycles. The van der Waals surface area contributed by atoms with Gasteiger partial charge in [-0.15, -0.1) is 11.3 Å². The topological polar surface area (TPSA) is 54.4 Å². The largest absolute Gasteiger partial charge is 0.370 e. The Balaban J connectivity index is 1.60. The Hall–Kier alpha value is -1.99. The van der Waals surface area contributed by atoms with Gasteiger partial charge in [-0.3, -0.25) is 0 Å². The average molecular weight is 438 g/mol. The van der Waals surface area contributed by atoms with Crippen molar-refractivity contribution in [3.8, 4) is 0 Å². The number of pyridine rings is 1. The van der Waals surface area contributed by atoms with Crippen molar-refractivity contribution in [1.29, 1.82) is 0 Å². The summed E-state index contributed by atoms with van der Waals surface area (Å²) in [7, 11) is 0. The maximum absolute atomic E-state index is 6.26. The van der Waals surface area contributed by atoms with Crippen molar-refractivity contribution >= 4 is 43.4 Å². The molecule has 0 spiro atoms. The molecule has 0 radical (unpaired) electrons. The van der Waals surface area contributed by atoms with Gasteiger partial charge in [0.2, 0.25) is 0 Å². The minimum Gasteiger partial charge on any atom is -0.370 e. The van der Waals surface area contributed by atoms with Crippen LogP contribution in [0.5, 0.6) is 0 Å². The molecule has 2 saturated heterocycles. The fourth-order valence-corrected chi connectivity index (χ4v) is 6.74. The van der Waals surface area contributed by atoms with Crippen LogP contribution in [0.2, 0.25) is 0 Å². The second-order valence-electron chi connectivity index (χ2n) is 10.0. The summed E-state index contributed by atoms with van der Waals surface area (Å²) in [6, 6.07) is 0.520. The maximum atomic E-state index is 6.26. The molecular formula is C24H31N5OS. The SMILES string of the molecule is C[C@H]1CCCCN1c1ncnc2c1sc1nc(N3CCCC3)c3c(c12)CC(C)(C)OC3. The number of anilines is 2. The van der Waals surface area contributed by atoms with Crippen LogP contribution in [-0.4, -0.2) is 46.2 Å². The normalized spacial score (nSPS) is 23.6. The van der Waals surface area contributed by atoms with E-state index < -0.39 is 0 Å². The molecule has 3 aromatic rings. The highest BCUT2D eigenvalue weighted by Gasteiger charge is 2.34. The number of piperidine rings is 1. The van der Waals surface area contributed by atoms with Gasteiger partial charge in [0.05, 0.1) is 22.4 Å². The lowest BCUT2D eigenvalue weighted by Crippen LogP contribution is -2.38. The number of ether oxygens (including phenoxy) is 1. The van der Waals surface area contributed by atoms with Crippen LogP contribution in [0.1, 0.15) is 64.0 Å². The summed E-state index contributed by atoms with van der Waals surface area (Å²) in [5, 5.41) is 1.24. The van der Waals surface area contributed by atoms with Crippen LogP contribution in [0.25, 0.3) is 20.4 Å². The van der Waals surface area contributed by atoms with Crippen LogP contribution < -0.4 is 9.80 Å². The first-order valence-corrected chi connectivity index (χ1v) is 12.6. The third kappa shape index (κ3) is 3.20. The summed E-state index contributed by atoms with van der Waals surface area (Å²) in [5.41, 5.74) is 3.58. The fraction of sp³-hybridized carbons (Fsp3) is 0.625. The lowest BCUT2D eigenvalue weighted by atomic mass is 9.90. The Labute approximate surface area is 187 Å². The highest BCUT2D eigenvalue weighted by Crippen LogP contribution is 2.45. The van der Waals surface area contributed by atoms with E-state index in [-0.39, 0.29) is 5.60 Å². The van der Waals surface area contributed by atoms with Crippen molar-refractivity contribution in [2.75, 3.05) is 29.4 Å². The number of hydrogen-bond acceptors (Lipinski definition) is 7. The summed E-state index contributed by atoms with van der Waals surface area (Å²) in [6.07, 6.45) is 8.92. The number of nitrogens with zero attached hydrogens (tertiary/aromatic N) is 5. The number of hydrogen-bond donors (Lipinski definition) is 0. The van der Waals surface area contributed by atoms with E-state index in [1.807, 2.05) is 0 Å². The number of rotatable bonds is 2. The molecule has 3 aliphatic rings. The molecule has 2 fully saturated rings. The van der Waals surface area contributed by atoms with E-state index in [0.717, 1.165) is 48.0 Å². The summed E-state index contributed by atoms with van der Waals surface area (Å²) in [5.74, 6) is 2.24. The summed E-state index contributed by atoms with van der Waals surface area (Å²) >= 11 is 1.78. The number of fused-ring (bicyclic) bond motifs is 5. The summed E-state index contributed by atoms with van der Waals surface area (Å²) in [6.45, 7) is 10.6. The molecule has 0 aromatic carbocycles. The number of thiophene rings is 1. The van der Waals surface area contributed by atoms with E-state index in [9.17, 15) is 0 Å². The van der Waals surface area contributed by atoms with Gasteiger partial charge in [-0.25, -0.2) is 15.0 Å². The van der Waals surface area contributed by atoms with Gasteiger partial charge < -0.3 is 14.5 Å².